The van der Waals surface area contributed by atoms with Crippen LogP contribution in [0, 0.1) is 0 Å². The number of esters is 1. The van der Waals surface area contributed by atoms with Gasteiger partial charge in [-0.25, -0.2) is 9.48 Å². The molecule has 11 heteroatoms. The number of nitrogens with two attached hydrogens (primary N) is 1. The zero-order valence-corrected chi connectivity index (χ0v) is 15.8. The van der Waals surface area contributed by atoms with Crippen molar-refractivity contribution >= 4 is 22.6 Å². The molecular weight excluding hydrogens is 405 g/mol. The highest BCUT2D eigenvalue weighted by Crippen LogP contribution is 2.34. The molecule has 30 heavy (non-hydrogen) atoms. The molecule has 1 fully saturated rings. The molecule has 4 rings (SSSR count). The molecule has 1 saturated heterocycles. The molecule has 2 N–H and O–H groups in total. The smallest absolute Gasteiger partial charge is 0.416 e. The summed E-state index contributed by atoms with van der Waals surface area (Å²) in [5.74, 6) is -0.987. The summed E-state index contributed by atoms with van der Waals surface area (Å²) >= 11 is 0. The van der Waals surface area contributed by atoms with Gasteiger partial charge in [0.1, 0.15) is 11.8 Å². The van der Waals surface area contributed by atoms with Gasteiger partial charge in [0.25, 0.3) is 5.56 Å². The van der Waals surface area contributed by atoms with Crippen LogP contribution in [0.5, 0.6) is 0 Å². The minimum Gasteiger partial charge on any atom is -0.465 e. The van der Waals surface area contributed by atoms with Crippen LogP contribution in [0.4, 0.5) is 18.9 Å². The summed E-state index contributed by atoms with van der Waals surface area (Å²) in [4.78, 5) is 25.3. The topological polar surface area (TPSA) is 101 Å². The van der Waals surface area contributed by atoms with E-state index in [4.69, 9.17) is 10.5 Å². The second-order valence-corrected chi connectivity index (χ2v) is 6.80. The Kier molecular flexibility index (Phi) is 4.77. The highest BCUT2D eigenvalue weighted by Gasteiger charge is 2.32. The molecule has 0 aliphatic carbocycles. The lowest BCUT2D eigenvalue weighted by Gasteiger charge is -2.16. The van der Waals surface area contributed by atoms with Crippen LogP contribution in [0.1, 0.15) is 35.0 Å². The fourth-order valence-corrected chi connectivity index (χ4v) is 3.52. The second kappa shape index (κ2) is 7.17. The van der Waals surface area contributed by atoms with E-state index in [9.17, 15) is 22.8 Å². The zero-order valence-electron chi connectivity index (χ0n) is 15.8. The molecule has 0 spiro atoms. The fraction of sp³-hybridized carbons (Fsp3) is 0.316. The standard InChI is InChI=1S/C19H17F3N4O4/c1-29-18(28)15-16(23)12-5-4-10(19(20,21)22)7-13(12)26(17(15)27)11-8-24-25(9-11)14-3-2-6-30-14/h4-5,7-9,14H,2-3,6,23H2,1H3. The number of pyridine rings is 1. The number of nitrogens with zero attached hydrogens (tertiary/aromatic N) is 3. The number of alkyl halides is 3. The van der Waals surface area contributed by atoms with Crippen molar-refractivity contribution in [2.75, 3.05) is 19.5 Å². The molecule has 3 heterocycles. The van der Waals surface area contributed by atoms with E-state index in [-0.39, 0.29) is 28.5 Å². The van der Waals surface area contributed by atoms with Crippen LogP contribution in [0.2, 0.25) is 0 Å². The summed E-state index contributed by atoms with van der Waals surface area (Å²) in [6.07, 6.45) is -0.614. The Morgan fingerprint density at radius 3 is 2.77 bits per heavy atom. The number of rotatable bonds is 3. The molecule has 1 aliphatic heterocycles. The van der Waals surface area contributed by atoms with E-state index >= 15 is 0 Å². The maximum absolute atomic E-state index is 13.3. The van der Waals surface area contributed by atoms with E-state index in [1.54, 1.807) is 0 Å². The number of benzene rings is 1. The van der Waals surface area contributed by atoms with E-state index in [0.717, 1.165) is 36.3 Å². The molecule has 1 atom stereocenters. The highest BCUT2D eigenvalue weighted by atomic mass is 19.4. The lowest BCUT2D eigenvalue weighted by atomic mass is 10.1. The summed E-state index contributed by atoms with van der Waals surface area (Å²) in [5.41, 5.74) is 3.46. The van der Waals surface area contributed by atoms with Gasteiger partial charge >= 0.3 is 12.1 Å². The fourth-order valence-electron chi connectivity index (χ4n) is 3.52. The van der Waals surface area contributed by atoms with Gasteiger partial charge in [0.2, 0.25) is 0 Å². The Labute approximate surface area is 167 Å². The van der Waals surface area contributed by atoms with Crippen LogP contribution in [-0.2, 0) is 15.7 Å². The number of hydrogen-bond donors (Lipinski definition) is 1. The molecule has 0 saturated carbocycles. The summed E-state index contributed by atoms with van der Waals surface area (Å²) in [7, 11) is 1.08. The average molecular weight is 422 g/mol. The Bertz CT molecular complexity index is 1190. The van der Waals surface area contributed by atoms with Crippen LogP contribution in [0.25, 0.3) is 16.6 Å². The van der Waals surface area contributed by atoms with Crippen molar-refractivity contribution in [2.24, 2.45) is 0 Å². The molecule has 3 aromatic rings. The molecular formula is C19H17F3N4O4. The number of methoxy groups -OCH3 is 1. The van der Waals surface area contributed by atoms with Gasteiger partial charge in [-0.15, -0.1) is 0 Å². The predicted octanol–water partition coefficient (Wildman–Crippen LogP) is 2.88. The second-order valence-electron chi connectivity index (χ2n) is 6.80. The minimum absolute atomic E-state index is 0.105. The monoisotopic (exact) mass is 422 g/mol. The van der Waals surface area contributed by atoms with Crippen LogP contribution >= 0.6 is 0 Å². The van der Waals surface area contributed by atoms with Crippen LogP contribution in [0.15, 0.2) is 35.4 Å². The van der Waals surface area contributed by atoms with E-state index in [0.29, 0.717) is 13.0 Å². The molecule has 1 aliphatic rings. The van der Waals surface area contributed by atoms with Gasteiger partial charge < -0.3 is 15.2 Å². The van der Waals surface area contributed by atoms with Crippen molar-refractivity contribution < 1.29 is 27.4 Å². The van der Waals surface area contributed by atoms with E-state index < -0.39 is 28.8 Å². The third-order valence-corrected chi connectivity index (χ3v) is 4.98. The summed E-state index contributed by atoms with van der Waals surface area (Å²) in [6, 6.07) is 2.78. The van der Waals surface area contributed by atoms with Crippen molar-refractivity contribution in [1.29, 1.82) is 0 Å². The summed E-state index contributed by atoms with van der Waals surface area (Å²) < 4.78 is 52.5. The SMILES string of the molecule is COC(=O)c1c(N)c2ccc(C(F)(F)F)cc2n(-c2cnn(C3CCCO3)c2)c1=O. The number of carbonyl (C=O) groups is 1. The maximum Gasteiger partial charge on any atom is 0.416 e. The first-order chi connectivity index (χ1) is 14.2. The van der Waals surface area contributed by atoms with Gasteiger partial charge in [-0.1, -0.05) is 6.07 Å². The van der Waals surface area contributed by atoms with Crippen molar-refractivity contribution in [3.63, 3.8) is 0 Å². The van der Waals surface area contributed by atoms with Crippen molar-refractivity contribution in [1.82, 2.24) is 14.3 Å². The molecule has 0 radical (unpaired) electrons. The van der Waals surface area contributed by atoms with Crippen LogP contribution in [0.3, 0.4) is 0 Å². The van der Waals surface area contributed by atoms with Crippen LogP contribution in [-0.4, -0.2) is 34.0 Å². The van der Waals surface area contributed by atoms with E-state index in [2.05, 4.69) is 9.84 Å². The number of aromatic nitrogens is 3. The van der Waals surface area contributed by atoms with Gasteiger partial charge in [0, 0.05) is 12.0 Å². The number of halogens is 3. The van der Waals surface area contributed by atoms with Crippen molar-refractivity contribution in [3.05, 3.63) is 52.1 Å². The lowest BCUT2D eigenvalue weighted by Crippen LogP contribution is -2.28. The number of anilines is 1. The van der Waals surface area contributed by atoms with Gasteiger partial charge in [-0.2, -0.15) is 18.3 Å². The van der Waals surface area contributed by atoms with Crippen molar-refractivity contribution in [2.45, 2.75) is 25.2 Å². The van der Waals surface area contributed by atoms with Gasteiger partial charge in [0.15, 0.2) is 0 Å². The predicted molar refractivity (Wildman–Crippen MR) is 100 cm³/mol. The number of fused-ring (bicyclic) bond motifs is 1. The molecule has 1 aromatic carbocycles. The van der Waals surface area contributed by atoms with Crippen LogP contribution < -0.4 is 11.3 Å². The van der Waals surface area contributed by atoms with Gasteiger partial charge in [-0.05, 0) is 25.0 Å². The third kappa shape index (κ3) is 3.20. The first-order valence-corrected chi connectivity index (χ1v) is 9.02. The number of hydrogen-bond acceptors (Lipinski definition) is 6. The number of ether oxygens (including phenoxy) is 2. The largest absolute Gasteiger partial charge is 0.465 e. The zero-order chi connectivity index (χ0) is 21.6. The average Bonchev–Trinajstić information content (AvgIpc) is 3.38. The van der Waals surface area contributed by atoms with Gasteiger partial charge in [0.05, 0.1) is 42.0 Å². The summed E-state index contributed by atoms with van der Waals surface area (Å²) in [5, 5.41) is 4.28. The maximum atomic E-state index is 13.3. The lowest BCUT2D eigenvalue weighted by molar-refractivity contribution is -0.137. The first-order valence-electron chi connectivity index (χ1n) is 9.02. The number of nitrogen functional groups attached to an aromatic ring is 1. The van der Waals surface area contributed by atoms with Gasteiger partial charge in [-0.3, -0.25) is 9.36 Å². The Hall–Kier alpha value is -3.34. The Morgan fingerprint density at radius 1 is 1.37 bits per heavy atom. The third-order valence-electron chi connectivity index (χ3n) is 4.98. The molecule has 2 aromatic heterocycles. The molecule has 158 valence electrons. The van der Waals surface area contributed by atoms with E-state index in [1.807, 2.05) is 0 Å². The van der Waals surface area contributed by atoms with Crippen molar-refractivity contribution in [3.8, 4) is 5.69 Å². The normalized spacial score (nSPS) is 16.9. The molecule has 8 nitrogen and oxygen atoms in total. The van der Waals surface area contributed by atoms with E-state index in [1.165, 1.54) is 17.1 Å². The minimum atomic E-state index is -4.63. The Balaban J connectivity index is 2.02. The first kappa shape index (κ1) is 20.0. The summed E-state index contributed by atoms with van der Waals surface area (Å²) in [6.45, 7) is 0.562. The highest BCUT2D eigenvalue weighted by molar-refractivity contribution is 6.04. The molecule has 1 unspecified atom stereocenters. The molecule has 0 bridgehead atoms. The quantitative estimate of drug-likeness (QED) is 0.652. The molecule has 0 amide bonds. The number of carbonyl (C=O) groups excluding carboxylic acids is 1. The Morgan fingerprint density at radius 2 is 2.13 bits per heavy atom.